The number of methoxy groups -OCH3 is 1. The molecule has 4 rings (SSSR count). The summed E-state index contributed by atoms with van der Waals surface area (Å²) in [6, 6.07) is 12.3. The molecule has 0 N–H and O–H groups in total. The van der Waals surface area contributed by atoms with Gasteiger partial charge in [0.15, 0.2) is 0 Å². The van der Waals surface area contributed by atoms with Crippen molar-refractivity contribution in [2.75, 3.05) is 7.11 Å². The first kappa shape index (κ1) is 14.8. The molecule has 2 aromatic rings. The van der Waals surface area contributed by atoms with E-state index in [1.54, 1.807) is 0 Å². The number of rotatable bonds is 0. The van der Waals surface area contributed by atoms with Crippen LogP contribution in [0.4, 0.5) is 4.79 Å². The van der Waals surface area contributed by atoms with E-state index in [1.807, 2.05) is 41.4 Å². The number of pyridine rings is 1. The molecular weight excluding hydrogens is 300 g/mol. The van der Waals surface area contributed by atoms with Gasteiger partial charge in [-0.25, -0.2) is 4.79 Å². The first-order chi connectivity index (χ1) is 11.8. The maximum atomic E-state index is 12.1. The Morgan fingerprint density at radius 2 is 2.00 bits per heavy atom. The Morgan fingerprint density at radius 3 is 2.79 bits per heavy atom. The summed E-state index contributed by atoms with van der Waals surface area (Å²) in [6.45, 7) is 0. The maximum Gasteiger partial charge on any atom is 0.410 e. The van der Waals surface area contributed by atoms with Crippen molar-refractivity contribution in [2.24, 2.45) is 0 Å². The normalized spacial score (nSPS) is 20.8. The fraction of sp³-hybridized carbons (Fsp3) is 0.300. The van der Waals surface area contributed by atoms with Crippen molar-refractivity contribution in [3.05, 3.63) is 65.0 Å². The molecule has 1 fully saturated rings. The number of carbonyl (C=O) groups excluding carboxylic acids is 1. The quantitative estimate of drug-likeness (QED) is 0.700. The zero-order valence-corrected chi connectivity index (χ0v) is 13.5. The van der Waals surface area contributed by atoms with Gasteiger partial charge in [-0.2, -0.15) is 0 Å². The Balaban J connectivity index is 1.67. The van der Waals surface area contributed by atoms with Crippen LogP contribution < -0.4 is 0 Å². The number of aromatic nitrogens is 1. The fourth-order valence-electron chi connectivity index (χ4n) is 3.70. The van der Waals surface area contributed by atoms with E-state index >= 15 is 0 Å². The van der Waals surface area contributed by atoms with Crippen LogP contribution in [0.3, 0.4) is 0 Å². The van der Waals surface area contributed by atoms with Crippen LogP contribution in [0, 0.1) is 11.8 Å². The van der Waals surface area contributed by atoms with Gasteiger partial charge in [-0.15, -0.1) is 0 Å². The Bertz CT molecular complexity index is 836. The van der Waals surface area contributed by atoms with Crippen LogP contribution in [0.15, 0.2) is 42.6 Å². The van der Waals surface area contributed by atoms with Crippen LogP contribution in [0.2, 0.25) is 0 Å². The van der Waals surface area contributed by atoms with E-state index in [4.69, 9.17) is 4.74 Å². The van der Waals surface area contributed by atoms with E-state index in [-0.39, 0.29) is 18.2 Å². The van der Waals surface area contributed by atoms with Crippen molar-refractivity contribution < 1.29 is 9.53 Å². The fourth-order valence-corrected chi connectivity index (χ4v) is 3.70. The summed E-state index contributed by atoms with van der Waals surface area (Å²) in [5.74, 6) is 6.34. The van der Waals surface area contributed by atoms with Gasteiger partial charge in [0.05, 0.1) is 13.2 Å². The van der Waals surface area contributed by atoms with Crippen LogP contribution >= 0.6 is 0 Å². The summed E-state index contributed by atoms with van der Waals surface area (Å²) >= 11 is 0. The predicted molar refractivity (Wildman–Crippen MR) is 90.4 cm³/mol. The third kappa shape index (κ3) is 2.52. The zero-order chi connectivity index (χ0) is 16.5. The van der Waals surface area contributed by atoms with Gasteiger partial charge in [-0.1, -0.05) is 30.0 Å². The highest BCUT2D eigenvalue weighted by molar-refractivity contribution is 5.70. The minimum absolute atomic E-state index is 0.0668. The largest absolute Gasteiger partial charge is 0.453 e. The molecule has 3 heterocycles. The van der Waals surface area contributed by atoms with Gasteiger partial charge in [0, 0.05) is 35.5 Å². The van der Waals surface area contributed by atoms with Crippen molar-refractivity contribution in [3.63, 3.8) is 0 Å². The highest BCUT2D eigenvalue weighted by atomic mass is 16.5. The summed E-state index contributed by atoms with van der Waals surface area (Å²) in [7, 11) is 1.44. The van der Waals surface area contributed by atoms with E-state index in [0.717, 1.165) is 41.6 Å². The molecule has 120 valence electrons. The molecule has 0 radical (unpaired) electrons. The van der Waals surface area contributed by atoms with Gasteiger partial charge in [0.1, 0.15) is 0 Å². The summed E-state index contributed by atoms with van der Waals surface area (Å²) in [6.07, 6.45) is 4.36. The minimum atomic E-state index is -0.242. The van der Waals surface area contributed by atoms with E-state index in [0.29, 0.717) is 0 Å². The van der Waals surface area contributed by atoms with Crippen LogP contribution in [-0.4, -0.2) is 29.1 Å². The molecule has 1 aromatic heterocycles. The number of benzene rings is 1. The number of nitrogens with zero attached hydrogens (tertiary/aromatic N) is 2. The lowest BCUT2D eigenvalue weighted by Gasteiger charge is -2.34. The molecule has 4 heteroatoms. The molecule has 2 atom stereocenters. The summed E-state index contributed by atoms with van der Waals surface area (Å²) in [4.78, 5) is 18.6. The average Bonchev–Trinajstić information content (AvgIpc) is 2.96. The number of hydrogen-bond donors (Lipinski definition) is 0. The number of ether oxygens (including phenoxy) is 1. The van der Waals surface area contributed by atoms with Gasteiger partial charge in [0.2, 0.25) is 0 Å². The summed E-state index contributed by atoms with van der Waals surface area (Å²) in [5, 5.41) is 0. The monoisotopic (exact) mass is 318 g/mol. The van der Waals surface area contributed by atoms with Crippen molar-refractivity contribution in [3.8, 4) is 11.8 Å². The smallest absolute Gasteiger partial charge is 0.410 e. The Morgan fingerprint density at radius 1 is 1.21 bits per heavy atom. The Hall–Kier alpha value is -2.80. The average molecular weight is 318 g/mol. The van der Waals surface area contributed by atoms with Crippen LogP contribution in [0.1, 0.15) is 41.3 Å². The highest BCUT2D eigenvalue weighted by Crippen LogP contribution is 2.43. The van der Waals surface area contributed by atoms with Gasteiger partial charge in [-0.3, -0.25) is 9.88 Å². The van der Waals surface area contributed by atoms with Gasteiger partial charge in [-0.05, 0) is 36.6 Å². The van der Waals surface area contributed by atoms with E-state index < -0.39 is 0 Å². The molecule has 2 bridgehead atoms. The van der Waals surface area contributed by atoms with Gasteiger partial charge >= 0.3 is 6.09 Å². The summed E-state index contributed by atoms with van der Waals surface area (Å²) < 4.78 is 4.96. The molecule has 24 heavy (non-hydrogen) atoms. The second-order valence-electron chi connectivity index (χ2n) is 6.20. The molecule has 2 aliphatic rings. The summed E-state index contributed by atoms with van der Waals surface area (Å²) in [5.41, 5.74) is 4.07. The molecule has 2 unspecified atom stereocenters. The number of fused-ring (bicyclic) bond motifs is 4. The van der Waals surface area contributed by atoms with Crippen LogP contribution in [-0.2, 0) is 11.2 Å². The van der Waals surface area contributed by atoms with Gasteiger partial charge in [0.25, 0.3) is 0 Å². The lowest BCUT2D eigenvalue weighted by atomic mass is 9.97. The highest BCUT2D eigenvalue weighted by Gasteiger charge is 2.43. The molecule has 0 saturated carbocycles. The molecule has 0 aliphatic carbocycles. The molecule has 2 aliphatic heterocycles. The topological polar surface area (TPSA) is 42.4 Å². The van der Waals surface area contributed by atoms with Gasteiger partial charge < -0.3 is 4.74 Å². The Kier molecular flexibility index (Phi) is 3.70. The SMILES string of the molecule is COC(=O)N1C2CCC1c1cc(C#Cc3ccccc3)cnc1C2. The lowest BCUT2D eigenvalue weighted by molar-refractivity contribution is 0.0973. The number of hydrogen-bond acceptors (Lipinski definition) is 3. The van der Waals surface area contributed by atoms with E-state index in [9.17, 15) is 4.79 Å². The number of carbonyl (C=O) groups is 1. The molecular formula is C20H18N2O2. The van der Waals surface area contributed by atoms with Crippen molar-refractivity contribution in [1.82, 2.24) is 9.88 Å². The second-order valence-corrected chi connectivity index (χ2v) is 6.20. The molecule has 1 saturated heterocycles. The minimum Gasteiger partial charge on any atom is -0.453 e. The van der Waals surface area contributed by atoms with Crippen LogP contribution in [0.25, 0.3) is 0 Å². The first-order valence-electron chi connectivity index (χ1n) is 8.18. The van der Waals surface area contributed by atoms with Crippen molar-refractivity contribution in [1.29, 1.82) is 0 Å². The molecule has 1 amide bonds. The number of amides is 1. The standard InChI is InChI=1S/C20H18N2O2/c1-24-20(23)22-16-9-10-19(22)17-11-15(13-21-18(17)12-16)8-7-14-5-3-2-4-6-14/h2-6,11,13,16,19H,9-10,12H2,1H3. The van der Waals surface area contributed by atoms with E-state index in [2.05, 4.69) is 22.9 Å². The molecule has 0 spiro atoms. The predicted octanol–water partition coefficient (Wildman–Crippen LogP) is 3.31. The van der Waals surface area contributed by atoms with Crippen molar-refractivity contribution >= 4 is 6.09 Å². The van der Waals surface area contributed by atoms with Crippen LogP contribution in [0.5, 0.6) is 0 Å². The molecule has 1 aromatic carbocycles. The first-order valence-corrected chi connectivity index (χ1v) is 8.18. The van der Waals surface area contributed by atoms with E-state index in [1.165, 1.54) is 7.11 Å². The Labute approximate surface area is 141 Å². The molecule has 4 nitrogen and oxygen atoms in total. The third-order valence-corrected chi connectivity index (χ3v) is 4.80. The van der Waals surface area contributed by atoms with Crippen molar-refractivity contribution in [2.45, 2.75) is 31.3 Å². The lowest BCUT2D eigenvalue weighted by Crippen LogP contribution is -2.42. The maximum absolute atomic E-state index is 12.1. The zero-order valence-electron chi connectivity index (χ0n) is 13.5. The second kappa shape index (κ2) is 6.01. The third-order valence-electron chi connectivity index (χ3n) is 4.80.